The van der Waals surface area contributed by atoms with Gasteiger partial charge < -0.3 is 43.2 Å². The van der Waals surface area contributed by atoms with Gasteiger partial charge in [-0.2, -0.15) is 12.6 Å². The molecule has 1 heterocycles. The number of primary amides is 2. The highest BCUT2D eigenvalue weighted by Gasteiger charge is 2.30. The fraction of sp³-hybridized carbons (Fsp3) is 0.500. The molecule has 5 amide bonds. The van der Waals surface area contributed by atoms with Crippen molar-refractivity contribution in [2.45, 2.75) is 49.9 Å². The van der Waals surface area contributed by atoms with Crippen molar-refractivity contribution in [2.75, 3.05) is 5.75 Å². The molecule has 0 spiro atoms. The smallest absolute Gasteiger partial charge is 0.327 e. The fourth-order valence-corrected chi connectivity index (χ4v) is 2.95. The van der Waals surface area contributed by atoms with Crippen LogP contribution in [0.2, 0.25) is 0 Å². The summed E-state index contributed by atoms with van der Waals surface area (Å²) < 4.78 is 0. The van der Waals surface area contributed by atoms with Gasteiger partial charge in [-0.05, 0) is 6.42 Å². The van der Waals surface area contributed by atoms with E-state index < -0.39 is 66.1 Å². The minimum atomic E-state index is -1.36. The lowest BCUT2D eigenvalue weighted by atomic mass is 10.1. The average molecular weight is 501 g/mol. The van der Waals surface area contributed by atoms with Crippen molar-refractivity contribution in [3.63, 3.8) is 0 Å². The van der Waals surface area contributed by atoms with Gasteiger partial charge >= 0.3 is 5.97 Å². The number of hydrogen-bond donors (Lipinski definition) is 9. The van der Waals surface area contributed by atoms with Crippen LogP contribution in [0.1, 0.15) is 25.0 Å². The highest BCUT2D eigenvalue weighted by Crippen LogP contribution is 2.04. The van der Waals surface area contributed by atoms with Crippen LogP contribution >= 0.6 is 12.6 Å². The van der Waals surface area contributed by atoms with Gasteiger partial charge in [0, 0.05) is 30.5 Å². The molecule has 0 fully saturated rings. The lowest BCUT2D eigenvalue weighted by Crippen LogP contribution is -2.58. The van der Waals surface area contributed by atoms with E-state index >= 15 is 0 Å². The third-order valence-corrected chi connectivity index (χ3v) is 4.84. The van der Waals surface area contributed by atoms with Gasteiger partial charge in [-0.15, -0.1) is 0 Å². The molecule has 0 radical (unpaired) electrons. The maximum Gasteiger partial charge on any atom is 0.327 e. The van der Waals surface area contributed by atoms with E-state index in [1.54, 1.807) is 0 Å². The molecule has 0 saturated heterocycles. The number of thiol groups is 1. The molecule has 16 heteroatoms. The molecule has 0 saturated carbocycles. The van der Waals surface area contributed by atoms with E-state index in [1.165, 1.54) is 12.5 Å². The Morgan fingerprint density at radius 1 is 0.971 bits per heavy atom. The second-order valence-electron chi connectivity index (χ2n) is 7.27. The van der Waals surface area contributed by atoms with Crippen LogP contribution < -0.4 is 33.2 Å². The lowest BCUT2D eigenvalue weighted by Gasteiger charge is -2.24. The zero-order chi connectivity index (χ0) is 25.8. The van der Waals surface area contributed by atoms with Gasteiger partial charge in [-0.3, -0.25) is 24.0 Å². The number of amides is 5. The van der Waals surface area contributed by atoms with Crippen LogP contribution in [0.15, 0.2) is 12.5 Å². The normalized spacial score (nSPS) is 14.2. The number of carbonyl (C=O) groups is 6. The molecular weight excluding hydrogens is 472 g/mol. The average Bonchev–Trinajstić information content (AvgIpc) is 3.26. The molecule has 4 atom stereocenters. The molecule has 0 aliphatic rings. The van der Waals surface area contributed by atoms with E-state index in [9.17, 15) is 28.8 Å². The summed E-state index contributed by atoms with van der Waals surface area (Å²) >= 11 is 3.86. The van der Waals surface area contributed by atoms with E-state index in [0.29, 0.717) is 5.69 Å². The summed E-state index contributed by atoms with van der Waals surface area (Å²) in [5.41, 5.74) is 16.2. The van der Waals surface area contributed by atoms with Crippen LogP contribution in [0.25, 0.3) is 0 Å². The molecule has 0 aliphatic heterocycles. The van der Waals surface area contributed by atoms with Crippen LogP contribution in [-0.2, 0) is 35.2 Å². The zero-order valence-electron chi connectivity index (χ0n) is 18.0. The number of nitrogens with two attached hydrogens (primary N) is 3. The topological polar surface area (TPSA) is 265 Å². The van der Waals surface area contributed by atoms with Crippen molar-refractivity contribution in [3.8, 4) is 0 Å². The Bertz CT molecular complexity index is 895. The standard InChI is InChI=1S/C18H28N8O7S/c19-9(4-14(21)28)15(29)25-11(3-8-5-22-7-23-8)17(31)24-10(1-2-13(20)27)16(30)26-12(6-34)18(32)33/h5,7,9-12,34H,1-4,6,19H2,(H2,20,27)(H2,21,28)(H,22,23)(H,24,31)(H,25,29)(H,26,30)(H,32,33). The minimum absolute atomic E-state index is 0.0978. The van der Waals surface area contributed by atoms with Crippen LogP contribution in [0, 0.1) is 0 Å². The van der Waals surface area contributed by atoms with Crippen molar-refractivity contribution in [2.24, 2.45) is 17.2 Å². The van der Waals surface area contributed by atoms with E-state index in [2.05, 4.69) is 38.5 Å². The van der Waals surface area contributed by atoms with Crippen molar-refractivity contribution in [1.29, 1.82) is 0 Å². The number of imidazole rings is 1. The first-order valence-electron chi connectivity index (χ1n) is 9.98. The van der Waals surface area contributed by atoms with Crippen molar-refractivity contribution in [3.05, 3.63) is 18.2 Å². The Hall–Kier alpha value is -3.66. The minimum Gasteiger partial charge on any atom is -0.480 e. The summed E-state index contributed by atoms with van der Waals surface area (Å²) in [6, 6.07) is -5.32. The summed E-state index contributed by atoms with van der Waals surface area (Å²) in [6.45, 7) is 0. The van der Waals surface area contributed by atoms with Gasteiger partial charge in [0.15, 0.2) is 0 Å². The third kappa shape index (κ3) is 9.86. The van der Waals surface area contributed by atoms with Crippen LogP contribution in [-0.4, -0.2) is 80.5 Å². The molecule has 1 rings (SSSR count). The van der Waals surface area contributed by atoms with Crippen molar-refractivity contribution >= 4 is 48.1 Å². The van der Waals surface area contributed by atoms with E-state index in [0.717, 1.165) is 0 Å². The van der Waals surface area contributed by atoms with Crippen LogP contribution in [0.4, 0.5) is 0 Å². The Morgan fingerprint density at radius 3 is 2.06 bits per heavy atom. The Morgan fingerprint density at radius 2 is 1.56 bits per heavy atom. The van der Waals surface area contributed by atoms with E-state index in [4.69, 9.17) is 22.3 Å². The number of H-pyrrole nitrogens is 1. The number of rotatable bonds is 15. The molecule has 15 nitrogen and oxygen atoms in total. The molecular formula is C18H28N8O7S. The van der Waals surface area contributed by atoms with Gasteiger partial charge in [0.2, 0.25) is 29.5 Å². The first-order valence-corrected chi connectivity index (χ1v) is 10.6. The van der Waals surface area contributed by atoms with E-state index in [1.807, 2.05) is 0 Å². The summed E-state index contributed by atoms with van der Waals surface area (Å²) in [5.74, 6) is -5.75. The molecule has 1 aromatic heterocycles. The number of carboxylic acids is 1. The molecule has 4 unspecified atom stereocenters. The summed E-state index contributed by atoms with van der Waals surface area (Å²) in [7, 11) is 0. The number of carbonyl (C=O) groups excluding carboxylic acids is 5. The van der Waals surface area contributed by atoms with Crippen molar-refractivity contribution < 1.29 is 33.9 Å². The molecule has 34 heavy (non-hydrogen) atoms. The number of aromatic nitrogens is 2. The van der Waals surface area contributed by atoms with Gasteiger partial charge in [0.1, 0.15) is 18.1 Å². The quantitative estimate of drug-likeness (QED) is 0.106. The van der Waals surface area contributed by atoms with E-state index in [-0.39, 0.29) is 25.0 Å². The number of carboxylic acid groups (broad SMARTS) is 1. The summed E-state index contributed by atoms with van der Waals surface area (Å²) in [6.07, 6.45) is 1.65. The maximum atomic E-state index is 13.0. The summed E-state index contributed by atoms with van der Waals surface area (Å²) in [4.78, 5) is 78.0. The molecule has 188 valence electrons. The molecule has 0 bridgehead atoms. The van der Waals surface area contributed by atoms with Crippen LogP contribution in [0.5, 0.6) is 0 Å². The third-order valence-electron chi connectivity index (χ3n) is 4.48. The number of nitrogens with zero attached hydrogens (tertiary/aromatic N) is 1. The number of aliphatic carboxylic acids is 1. The van der Waals surface area contributed by atoms with Crippen LogP contribution in [0.3, 0.4) is 0 Å². The largest absolute Gasteiger partial charge is 0.480 e. The highest BCUT2D eigenvalue weighted by molar-refractivity contribution is 7.80. The molecule has 0 aliphatic carbocycles. The van der Waals surface area contributed by atoms with Gasteiger partial charge in [0.05, 0.1) is 18.8 Å². The van der Waals surface area contributed by atoms with Gasteiger partial charge in [0.25, 0.3) is 0 Å². The number of aromatic amines is 1. The van der Waals surface area contributed by atoms with Crippen molar-refractivity contribution in [1.82, 2.24) is 25.9 Å². The number of hydrogen-bond acceptors (Lipinski definition) is 9. The first-order chi connectivity index (χ1) is 15.9. The second-order valence-corrected chi connectivity index (χ2v) is 7.63. The molecule has 0 aromatic carbocycles. The monoisotopic (exact) mass is 500 g/mol. The highest BCUT2D eigenvalue weighted by atomic mass is 32.1. The van der Waals surface area contributed by atoms with Gasteiger partial charge in [-0.25, -0.2) is 9.78 Å². The first kappa shape index (κ1) is 28.4. The second kappa shape index (κ2) is 13.8. The Kier molecular flexibility index (Phi) is 11.5. The Balaban J connectivity index is 3.05. The number of nitrogens with one attached hydrogen (secondary N) is 4. The van der Waals surface area contributed by atoms with Gasteiger partial charge in [-0.1, -0.05) is 0 Å². The maximum absolute atomic E-state index is 13.0. The fourth-order valence-electron chi connectivity index (χ4n) is 2.70. The molecule has 1 aromatic rings. The molecule has 11 N–H and O–H groups in total. The lowest BCUT2D eigenvalue weighted by molar-refractivity contribution is -0.141. The Labute approximate surface area is 199 Å². The summed E-state index contributed by atoms with van der Waals surface area (Å²) in [5, 5.41) is 16.1. The predicted molar refractivity (Wildman–Crippen MR) is 120 cm³/mol. The zero-order valence-corrected chi connectivity index (χ0v) is 18.9. The SMILES string of the molecule is NC(=O)CCC(NC(=O)C(Cc1cnc[nH]1)NC(=O)C(N)CC(N)=O)C(=O)NC(CS)C(=O)O. The predicted octanol–water partition coefficient (Wildman–Crippen LogP) is -4.11.